The molecule has 0 aromatic rings. The van der Waals surface area contributed by atoms with Crippen molar-refractivity contribution >= 4 is 46.4 Å². The molecule has 0 aromatic carbocycles. The van der Waals surface area contributed by atoms with E-state index >= 15 is 0 Å². The zero-order chi connectivity index (χ0) is 7.71. The van der Waals surface area contributed by atoms with Gasteiger partial charge < -0.3 is 0 Å². The van der Waals surface area contributed by atoms with E-state index < -0.39 is 9.21 Å². The molecule has 0 fully saturated rings. The first-order chi connectivity index (χ1) is 3.81. The molecule has 0 saturated heterocycles. The van der Waals surface area contributed by atoms with Gasteiger partial charge in [-0.05, 0) is 0 Å². The van der Waals surface area contributed by atoms with Gasteiger partial charge in [0.05, 0.1) is 0 Å². The summed E-state index contributed by atoms with van der Waals surface area (Å²) in [5.41, 5.74) is -0.459. The van der Waals surface area contributed by atoms with E-state index in [1.807, 2.05) is 0 Å². The number of rotatable bonds is 1. The molecular weight excluding hydrogens is 202 g/mol. The van der Waals surface area contributed by atoms with Crippen LogP contribution in [0.4, 0.5) is 0 Å². The molecule has 0 N–H and O–H groups in total. The van der Waals surface area contributed by atoms with Crippen LogP contribution < -0.4 is 0 Å². The van der Waals surface area contributed by atoms with Crippen LogP contribution in [0.5, 0.6) is 0 Å². The van der Waals surface area contributed by atoms with Crippen molar-refractivity contribution in [2.75, 3.05) is 5.88 Å². The van der Waals surface area contributed by atoms with Gasteiger partial charge in [0.15, 0.2) is 3.79 Å². The fraction of sp³-hybridized carbons (Fsp3) is 1.00. The van der Waals surface area contributed by atoms with Crippen LogP contribution in [0.25, 0.3) is 0 Å². The van der Waals surface area contributed by atoms with Gasteiger partial charge in [-0.1, -0.05) is 48.7 Å². The zero-order valence-electron chi connectivity index (χ0n) is 5.22. The molecule has 0 aliphatic rings. The second-order valence-corrected chi connectivity index (χ2v) is 5.06. The van der Waals surface area contributed by atoms with E-state index in [0.29, 0.717) is 5.88 Å². The van der Waals surface area contributed by atoms with Crippen molar-refractivity contribution in [3.8, 4) is 0 Å². The van der Waals surface area contributed by atoms with Gasteiger partial charge in [0, 0.05) is 11.3 Å². The Balaban J connectivity index is 4.14. The highest BCUT2D eigenvalue weighted by atomic mass is 35.6. The molecule has 0 heterocycles. The SMILES string of the molecule is CC(C)(CCl)C(Cl)(Cl)Cl. The molecule has 0 amide bonds. The first-order valence-electron chi connectivity index (χ1n) is 2.44. The van der Waals surface area contributed by atoms with E-state index in [1.165, 1.54) is 0 Å². The molecule has 0 saturated carbocycles. The van der Waals surface area contributed by atoms with E-state index in [9.17, 15) is 0 Å². The van der Waals surface area contributed by atoms with Gasteiger partial charge in [-0.25, -0.2) is 0 Å². The predicted octanol–water partition coefficient (Wildman–Crippen LogP) is 3.62. The summed E-state index contributed by atoms with van der Waals surface area (Å²) in [6.07, 6.45) is 0. The molecule has 0 spiro atoms. The summed E-state index contributed by atoms with van der Waals surface area (Å²) in [5.74, 6) is 0.337. The molecule has 0 aliphatic heterocycles. The summed E-state index contributed by atoms with van der Waals surface area (Å²) in [4.78, 5) is 0. The highest BCUT2D eigenvalue weighted by molar-refractivity contribution is 6.68. The second kappa shape index (κ2) is 3.04. The lowest BCUT2D eigenvalue weighted by atomic mass is 9.99. The van der Waals surface area contributed by atoms with Crippen LogP contribution in [0.2, 0.25) is 0 Å². The summed E-state index contributed by atoms with van der Waals surface area (Å²) < 4.78 is -1.27. The fourth-order valence-corrected chi connectivity index (χ4v) is 0.682. The number of halogens is 4. The third-order valence-corrected chi connectivity index (χ3v) is 3.30. The Morgan fingerprint density at radius 1 is 1.11 bits per heavy atom. The molecule has 56 valence electrons. The smallest absolute Gasteiger partial charge is 0.126 e. The van der Waals surface area contributed by atoms with Gasteiger partial charge in [-0.3, -0.25) is 0 Å². The number of hydrogen-bond donors (Lipinski definition) is 0. The van der Waals surface area contributed by atoms with Crippen molar-refractivity contribution in [3.05, 3.63) is 0 Å². The lowest BCUT2D eigenvalue weighted by molar-refractivity contribution is 0.431. The van der Waals surface area contributed by atoms with Gasteiger partial charge in [0.1, 0.15) is 0 Å². The van der Waals surface area contributed by atoms with Crippen LogP contribution in [-0.4, -0.2) is 9.67 Å². The average molecular weight is 210 g/mol. The van der Waals surface area contributed by atoms with E-state index in [0.717, 1.165) is 0 Å². The Kier molecular flexibility index (Phi) is 3.43. The zero-order valence-corrected chi connectivity index (χ0v) is 8.24. The van der Waals surface area contributed by atoms with Crippen molar-refractivity contribution in [3.63, 3.8) is 0 Å². The predicted molar refractivity (Wildman–Crippen MR) is 44.8 cm³/mol. The minimum Gasteiger partial charge on any atom is -0.126 e. The highest BCUT2D eigenvalue weighted by Gasteiger charge is 2.39. The van der Waals surface area contributed by atoms with Crippen molar-refractivity contribution in [1.29, 1.82) is 0 Å². The van der Waals surface area contributed by atoms with Crippen LogP contribution in [0.3, 0.4) is 0 Å². The van der Waals surface area contributed by atoms with Gasteiger partial charge in [-0.15, -0.1) is 11.6 Å². The summed E-state index contributed by atoms with van der Waals surface area (Å²) in [6.45, 7) is 3.60. The maximum Gasteiger partial charge on any atom is 0.196 e. The largest absolute Gasteiger partial charge is 0.196 e. The van der Waals surface area contributed by atoms with Gasteiger partial charge >= 0.3 is 0 Å². The maximum atomic E-state index is 5.57. The number of hydrogen-bond acceptors (Lipinski definition) is 0. The minimum atomic E-state index is -1.27. The lowest BCUT2D eigenvalue weighted by Gasteiger charge is -2.29. The van der Waals surface area contributed by atoms with Gasteiger partial charge in [-0.2, -0.15) is 0 Å². The van der Waals surface area contributed by atoms with Crippen LogP contribution in [0.1, 0.15) is 13.8 Å². The van der Waals surface area contributed by atoms with Crippen molar-refractivity contribution in [1.82, 2.24) is 0 Å². The molecule has 0 radical (unpaired) electrons. The molecule has 0 aliphatic carbocycles. The van der Waals surface area contributed by atoms with E-state index in [1.54, 1.807) is 13.8 Å². The third-order valence-electron chi connectivity index (χ3n) is 1.10. The maximum absolute atomic E-state index is 5.57. The Morgan fingerprint density at radius 2 is 1.44 bits per heavy atom. The molecule has 0 bridgehead atoms. The quantitative estimate of drug-likeness (QED) is 0.579. The molecule has 4 heteroatoms. The Labute approximate surface area is 75.4 Å². The molecule has 0 rings (SSSR count). The minimum absolute atomic E-state index is 0.337. The summed E-state index contributed by atoms with van der Waals surface area (Å²) in [5, 5.41) is 0. The summed E-state index contributed by atoms with van der Waals surface area (Å²) >= 11 is 22.2. The molecule has 0 aromatic heterocycles. The summed E-state index contributed by atoms with van der Waals surface area (Å²) in [7, 11) is 0. The molecule has 0 unspecified atom stereocenters. The van der Waals surface area contributed by atoms with Crippen LogP contribution in [-0.2, 0) is 0 Å². The Hall–Kier alpha value is 1.16. The van der Waals surface area contributed by atoms with Crippen molar-refractivity contribution in [2.45, 2.75) is 17.6 Å². The fourth-order valence-electron chi connectivity index (χ4n) is 0.0758. The first-order valence-corrected chi connectivity index (χ1v) is 4.11. The van der Waals surface area contributed by atoms with Gasteiger partial charge in [0.2, 0.25) is 0 Å². The lowest BCUT2D eigenvalue weighted by Crippen LogP contribution is -2.30. The van der Waals surface area contributed by atoms with Crippen LogP contribution >= 0.6 is 46.4 Å². The average Bonchev–Trinajstić information content (AvgIpc) is 1.64. The second-order valence-electron chi connectivity index (χ2n) is 2.52. The van der Waals surface area contributed by atoms with Crippen molar-refractivity contribution < 1.29 is 0 Å². The first kappa shape index (κ1) is 10.2. The number of alkyl halides is 4. The Morgan fingerprint density at radius 3 is 1.44 bits per heavy atom. The monoisotopic (exact) mass is 208 g/mol. The molecule has 0 nitrogen and oxygen atoms in total. The summed E-state index contributed by atoms with van der Waals surface area (Å²) in [6, 6.07) is 0. The molecule has 9 heavy (non-hydrogen) atoms. The Bertz CT molecular complexity index is 91.6. The van der Waals surface area contributed by atoms with Crippen LogP contribution in [0, 0.1) is 5.41 Å². The van der Waals surface area contributed by atoms with E-state index in [-0.39, 0.29) is 0 Å². The normalized spacial score (nSPS) is 14.0. The van der Waals surface area contributed by atoms with E-state index in [4.69, 9.17) is 46.4 Å². The topological polar surface area (TPSA) is 0 Å². The standard InChI is InChI=1S/C5H8Cl4/c1-4(2,3-6)5(7,8)9/h3H2,1-2H3. The van der Waals surface area contributed by atoms with Gasteiger partial charge in [0.25, 0.3) is 0 Å². The van der Waals surface area contributed by atoms with Crippen LogP contribution in [0.15, 0.2) is 0 Å². The van der Waals surface area contributed by atoms with Crippen molar-refractivity contribution in [2.24, 2.45) is 5.41 Å². The molecule has 0 atom stereocenters. The molecular formula is C5H8Cl4. The van der Waals surface area contributed by atoms with E-state index in [2.05, 4.69) is 0 Å². The third kappa shape index (κ3) is 2.71. The highest BCUT2D eigenvalue weighted by Crippen LogP contribution is 2.44.